The molecule has 2 atom stereocenters. The zero-order chi connectivity index (χ0) is 21.0. The molecule has 1 heterocycles. The Balaban J connectivity index is 1.64. The molecule has 3 rings (SSSR count). The number of hydrogen-bond acceptors (Lipinski definition) is 3. The van der Waals surface area contributed by atoms with Crippen LogP contribution in [-0.2, 0) is 4.74 Å². The van der Waals surface area contributed by atoms with Gasteiger partial charge >= 0.3 is 6.09 Å². The van der Waals surface area contributed by atoms with Gasteiger partial charge in [-0.05, 0) is 36.6 Å². The highest BCUT2D eigenvalue weighted by Crippen LogP contribution is 2.29. The van der Waals surface area contributed by atoms with Crippen LogP contribution in [0.5, 0.6) is 0 Å². The monoisotopic (exact) mass is 396 g/mol. The second kappa shape index (κ2) is 9.08. The summed E-state index contributed by atoms with van der Waals surface area (Å²) in [6.07, 6.45) is 1.64. The highest BCUT2D eigenvalue weighted by Gasteiger charge is 2.31. The molecule has 1 amide bonds. The van der Waals surface area contributed by atoms with Crippen molar-refractivity contribution in [2.24, 2.45) is 0 Å². The lowest BCUT2D eigenvalue weighted by molar-refractivity contribution is 0.0119. The van der Waals surface area contributed by atoms with Crippen molar-refractivity contribution < 1.29 is 18.3 Å². The summed E-state index contributed by atoms with van der Waals surface area (Å²) in [7, 11) is 0. The van der Waals surface area contributed by atoms with Crippen molar-refractivity contribution in [3.05, 3.63) is 59.7 Å². The van der Waals surface area contributed by atoms with Crippen molar-refractivity contribution in [1.29, 1.82) is 5.26 Å². The minimum absolute atomic E-state index is 0.0462. The molecule has 0 saturated carbocycles. The van der Waals surface area contributed by atoms with Gasteiger partial charge in [-0.25, -0.2) is 18.8 Å². The van der Waals surface area contributed by atoms with Gasteiger partial charge in [0.15, 0.2) is 0 Å². The van der Waals surface area contributed by atoms with Gasteiger partial charge < -0.3 is 9.64 Å². The van der Waals surface area contributed by atoms with Gasteiger partial charge in [0, 0.05) is 30.6 Å². The Bertz CT molecular complexity index is 914. The first-order valence-corrected chi connectivity index (χ1v) is 9.81. The van der Waals surface area contributed by atoms with E-state index in [9.17, 15) is 13.6 Å². The van der Waals surface area contributed by atoms with Crippen molar-refractivity contribution in [2.45, 2.75) is 45.1 Å². The van der Waals surface area contributed by atoms with E-state index in [-0.39, 0.29) is 25.0 Å². The molecular weight excluding hydrogens is 373 g/mol. The van der Waals surface area contributed by atoms with Crippen LogP contribution < -0.4 is 0 Å². The lowest BCUT2D eigenvalue weighted by Gasteiger charge is -2.36. The summed E-state index contributed by atoms with van der Waals surface area (Å²) >= 11 is 0. The number of halogens is 2. The molecule has 1 saturated heterocycles. The maximum Gasteiger partial charge on any atom is 0.410 e. The molecule has 0 radical (unpaired) electrons. The molecule has 0 spiro atoms. The second-order valence-electron chi connectivity index (χ2n) is 7.52. The Morgan fingerprint density at radius 3 is 2.62 bits per heavy atom. The first-order chi connectivity index (χ1) is 13.9. The summed E-state index contributed by atoms with van der Waals surface area (Å²) in [5.41, 5.74) is 1.88. The van der Waals surface area contributed by atoms with E-state index < -0.39 is 11.6 Å². The predicted octanol–water partition coefficient (Wildman–Crippen LogP) is 5.48. The summed E-state index contributed by atoms with van der Waals surface area (Å²) in [6, 6.07) is 10.5. The Morgan fingerprint density at radius 2 is 2.00 bits per heavy atom. The van der Waals surface area contributed by atoms with Gasteiger partial charge in [-0.2, -0.15) is 0 Å². The number of amides is 1. The number of rotatable bonds is 6. The molecule has 2 aromatic rings. The molecule has 0 aromatic heterocycles. The van der Waals surface area contributed by atoms with Crippen LogP contribution >= 0.6 is 0 Å². The summed E-state index contributed by atoms with van der Waals surface area (Å²) in [6.45, 7) is 4.32. The summed E-state index contributed by atoms with van der Waals surface area (Å²) in [5, 5.41) is 8.87. The van der Waals surface area contributed by atoms with Crippen LogP contribution in [0.15, 0.2) is 42.5 Å². The Morgan fingerprint density at radius 1 is 1.28 bits per heavy atom. The van der Waals surface area contributed by atoms with E-state index in [2.05, 4.69) is 5.97 Å². The van der Waals surface area contributed by atoms with Crippen LogP contribution in [0.3, 0.4) is 0 Å². The molecule has 1 fully saturated rings. The van der Waals surface area contributed by atoms with Crippen LogP contribution in [0.2, 0.25) is 13.1 Å². The van der Waals surface area contributed by atoms with E-state index in [1.165, 1.54) is 12.1 Å². The highest BCUT2D eigenvalue weighted by molar-refractivity contribution is 6.65. The van der Waals surface area contributed by atoms with Crippen molar-refractivity contribution in [1.82, 2.24) is 4.90 Å². The highest BCUT2D eigenvalue weighted by atomic mass is 19.1. The largest absolute Gasteiger partial charge is 0.446 e. The number of ether oxygens (including phenoxy) is 1. The summed E-state index contributed by atoms with van der Waals surface area (Å²) < 4.78 is 32.6. The minimum Gasteiger partial charge on any atom is -0.446 e. The number of benzene rings is 2. The fraction of sp³-hybridized carbons (Fsp3) is 0.364. The third-order valence-electron chi connectivity index (χ3n) is 5.44. The van der Waals surface area contributed by atoms with Crippen LogP contribution in [-0.4, -0.2) is 30.4 Å². The zero-order valence-corrected chi connectivity index (χ0v) is 16.6. The van der Waals surface area contributed by atoms with Gasteiger partial charge in [-0.3, -0.25) is 0 Å². The van der Waals surface area contributed by atoms with Crippen LogP contribution in [0.25, 0.3) is 11.1 Å². The number of hydrogen-bond donors (Lipinski definition) is 0. The first-order valence-electron chi connectivity index (χ1n) is 9.81. The first kappa shape index (κ1) is 20.8. The molecule has 0 bridgehead atoms. The van der Waals surface area contributed by atoms with Crippen molar-refractivity contribution in [3.63, 3.8) is 0 Å². The standard InChI is InChI=1S/C22H23BF2N2O2/c1-15(27-12-10-19(29-22(27)28)9-11-23(2)14-26)16-3-5-17(6-4-16)20-8-7-18(24)13-21(20)25/h3-8,13,15,19H,9-12H2,1-2H3. The molecule has 4 nitrogen and oxygen atoms in total. The molecule has 29 heavy (non-hydrogen) atoms. The molecule has 150 valence electrons. The number of cyclic esters (lactones) is 1. The van der Waals surface area contributed by atoms with Crippen LogP contribution in [0.1, 0.15) is 31.4 Å². The predicted molar refractivity (Wildman–Crippen MR) is 108 cm³/mol. The van der Waals surface area contributed by atoms with Gasteiger partial charge in [0.2, 0.25) is 0 Å². The van der Waals surface area contributed by atoms with E-state index in [0.29, 0.717) is 30.4 Å². The Kier molecular flexibility index (Phi) is 6.53. The maximum absolute atomic E-state index is 14.0. The average molecular weight is 396 g/mol. The molecule has 0 aliphatic carbocycles. The quantitative estimate of drug-likeness (QED) is 0.608. The van der Waals surface area contributed by atoms with Gasteiger partial charge in [-0.1, -0.05) is 37.4 Å². The molecule has 2 unspecified atom stereocenters. The lowest BCUT2D eigenvalue weighted by atomic mass is 9.50. The smallest absolute Gasteiger partial charge is 0.410 e. The van der Waals surface area contributed by atoms with E-state index in [4.69, 9.17) is 10.00 Å². The van der Waals surface area contributed by atoms with Crippen LogP contribution in [0, 0.1) is 22.9 Å². The maximum atomic E-state index is 14.0. The minimum atomic E-state index is -0.611. The van der Waals surface area contributed by atoms with Gasteiger partial charge in [0.1, 0.15) is 17.7 Å². The lowest BCUT2D eigenvalue weighted by Crippen LogP contribution is -2.43. The average Bonchev–Trinajstić information content (AvgIpc) is 2.72. The van der Waals surface area contributed by atoms with Gasteiger partial charge in [0.05, 0.1) is 6.04 Å². The number of nitriles is 1. The Labute approximate surface area is 170 Å². The molecule has 1 aliphatic rings. The van der Waals surface area contributed by atoms with Crippen molar-refractivity contribution >= 4 is 12.8 Å². The number of nitrogens with zero attached hydrogens (tertiary/aromatic N) is 2. The fourth-order valence-electron chi connectivity index (χ4n) is 3.54. The van der Waals surface area contributed by atoms with E-state index in [1.807, 2.05) is 25.9 Å². The van der Waals surface area contributed by atoms with Crippen LogP contribution in [0.4, 0.5) is 13.6 Å². The molecule has 1 aliphatic heterocycles. The summed E-state index contributed by atoms with van der Waals surface area (Å²) in [4.78, 5) is 14.1. The van der Waals surface area contributed by atoms with Crippen molar-refractivity contribution in [2.75, 3.05) is 6.54 Å². The molecule has 0 N–H and O–H groups in total. The topological polar surface area (TPSA) is 53.3 Å². The second-order valence-corrected chi connectivity index (χ2v) is 7.52. The third-order valence-corrected chi connectivity index (χ3v) is 5.44. The Hall–Kier alpha value is -2.88. The number of carbonyl (C=O) groups excluding carboxylic acids is 1. The molecule has 7 heteroatoms. The van der Waals surface area contributed by atoms with Crippen molar-refractivity contribution in [3.8, 4) is 17.1 Å². The van der Waals surface area contributed by atoms with Gasteiger partial charge in [0.25, 0.3) is 6.71 Å². The fourth-order valence-corrected chi connectivity index (χ4v) is 3.54. The zero-order valence-electron chi connectivity index (χ0n) is 16.6. The van der Waals surface area contributed by atoms with E-state index in [0.717, 1.165) is 18.1 Å². The molecular formula is C22H23BF2N2O2. The van der Waals surface area contributed by atoms with Gasteiger partial charge in [-0.15, -0.1) is 0 Å². The normalized spacial score (nSPS) is 17.4. The third kappa shape index (κ3) is 4.95. The van der Waals surface area contributed by atoms with E-state index in [1.54, 1.807) is 17.0 Å². The number of carbonyl (C=O) groups is 1. The summed E-state index contributed by atoms with van der Waals surface area (Å²) in [5.74, 6) is 0.974. The van der Waals surface area contributed by atoms with E-state index >= 15 is 0 Å². The SMILES string of the molecule is CB(C#N)CCC1CCN(C(C)c2ccc(-c3ccc(F)cc3F)cc2)C(=O)O1. The molecule has 2 aromatic carbocycles.